The minimum atomic E-state index is -0.636. The molecule has 25 heavy (non-hydrogen) atoms. The number of aldehydes is 1. The topological polar surface area (TPSA) is 55.4 Å². The van der Waals surface area contributed by atoms with Gasteiger partial charge < -0.3 is 10.1 Å². The fraction of sp³-hybridized carbons (Fsp3) is 0.429. The smallest absolute Gasteiger partial charge is 0.260 e. The third-order valence-electron chi connectivity index (χ3n) is 5.01. The van der Waals surface area contributed by atoms with Gasteiger partial charge in [0.2, 0.25) is 0 Å². The molecule has 0 unspecified atom stereocenters. The average Bonchev–Trinajstić information content (AvgIpc) is 2.66. The van der Waals surface area contributed by atoms with Crippen LogP contribution in [-0.4, -0.2) is 24.8 Å². The number of rotatable bonds is 6. The van der Waals surface area contributed by atoms with Crippen molar-refractivity contribution >= 4 is 23.0 Å². The molecule has 1 saturated carbocycles. The highest BCUT2D eigenvalue weighted by Gasteiger charge is 2.19. The molecule has 0 radical (unpaired) electrons. The SMILES string of the molecule is C[C@@H](Oc1ccc2ccccc2c1C=O)C(=O)NCC1CCCCC1. The number of fused-ring (bicyclic) bond motifs is 1. The molecule has 4 heteroatoms. The molecular formula is C21H25NO3. The first-order chi connectivity index (χ1) is 12.2. The lowest BCUT2D eigenvalue weighted by Crippen LogP contribution is -2.39. The van der Waals surface area contributed by atoms with Crippen molar-refractivity contribution in [1.82, 2.24) is 5.32 Å². The van der Waals surface area contributed by atoms with Gasteiger partial charge in [0.1, 0.15) is 5.75 Å². The van der Waals surface area contributed by atoms with E-state index in [0.29, 0.717) is 23.8 Å². The van der Waals surface area contributed by atoms with Gasteiger partial charge in [-0.15, -0.1) is 0 Å². The van der Waals surface area contributed by atoms with Crippen molar-refractivity contribution < 1.29 is 14.3 Å². The Morgan fingerprint density at radius 3 is 2.72 bits per heavy atom. The van der Waals surface area contributed by atoms with Gasteiger partial charge in [0.05, 0.1) is 5.56 Å². The van der Waals surface area contributed by atoms with E-state index in [1.807, 2.05) is 30.3 Å². The second kappa shape index (κ2) is 8.15. The van der Waals surface area contributed by atoms with Gasteiger partial charge in [0.25, 0.3) is 5.91 Å². The Kier molecular flexibility index (Phi) is 5.69. The van der Waals surface area contributed by atoms with Crippen molar-refractivity contribution in [2.24, 2.45) is 5.92 Å². The Hall–Kier alpha value is -2.36. The molecule has 2 aromatic rings. The predicted molar refractivity (Wildman–Crippen MR) is 99.0 cm³/mol. The lowest BCUT2D eigenvalue weighted by Gasteiger charge is -2.23. The third-order valence-corrected chi connectivity index (χ3v) is 5.01. The summed E-state index contributed by atoms with van der Waals surface area (Å²) < 4.78 is 5.80. The highest BCUT2D eigenvalue weighted by Crippen LogP contribution is 2.27. The van der Waals surface area contributed by atoms with Crippen molar-refractivity contribution in [3.05, 3.63) is 42.0 Å². The van der Waals surface area contributed by atoms with Crippen LogP contribution in [0.25, 0.3) is 10.8 Å². The van der Waals surface area contributed by atoms with Crippen LogP contribution in [0.5, 0.6) is 5.75 Å². The number of hydrogen-bond acceptors (Lipinski definition) is 3. The molecule has 1 aliphatic carbocycles. The van der Waals surface area contributed by atoms with Gasteiger partial charge >= 0.3 is 0 Å². The number of nitrogens with one attached hydrogen (secondary N) is 1. The maximum atomic E-state index is 12.3. The molecule has 0 aliphatic heterocycles. The monoisotopic (exact) mass is 339 g/mol. The van der Waals surface area contributed by atoms with Crippen LogP contribution in [0, 0.1) is 5.92 Å². The van der Waals surface area contributed by atoms with Gasteiger partial charge in [-0.1, -0.05) is 49.6 Å². The Bertz CT molecular complexity index is 750. The molecule has 1 atom stereocenters. The minimum absolute atomic E-state index is 0.129. The standard InChI is InChI=1S/C21H25NO3/c1-15(21(24)22-13-16-7-3-2-4-8-16)25-20-12-11-17-9-5-6-10-18(17)19(20)14-23/h5-6,9-12,14-16H,2-4,7-8,13H2,1H3,(H,22,24)/t15-/m1/s1. The van der Waals surface area contributed by atoms with Gasteiger partial charge in [-0.25, -0.2) is 0 Å². The normalized spacial score (nSPS) is 16.4. The summed E-state index contributed by atoms with van der Waals surface area (Å²) in [5, 5.41) is 4.81. The van der Waals surface area contributed by atoms with Gasteiger partial charge in [-0.2, -0.15) is 0 Å². The summed E-state index contributed by atoms with van der Waals surface area (Å²) in [6.07, 6.45) is 6.36. The molecule has 0 aromatic heterocycles. The molecule has 1 N–H and O–H groups in total. The number of carbonyl (C=O) groups excluding carboxylic acids is 2. The van der Waals surface area contributed by atoms with E-state index in [1.54, 1.807) is 13.0 Å². The second-order valence-electron chi connectivity index (χ2n) is 6.83. The van der Waals surface area contributed by atoms with Crippen LogP contribution in [0.15, 0.2) is 36.4 Å². The maximum absolute atomic E-state index is 12.3. The molecule has 0 saturated heterocycles. The van der Waals surface area contributed by atoms with Crippen molar-refractivity contribution in [3.63, 3.8) is 0 Å². The van der Waals surface area contributed by atoms with E-state index in [-0.39, 0.29) is 5.91 Å². The van der Waals surface area contributed by atoms with Crippen molar-refractivity contribution in [3.8, 4) is 5.75 Å². The fourth-order valence-corrected chi connectivity index (χ4v) is 3.52. The highest BCUT2D eigenvalue weighted by molar-refractivity contribution is 6.00. The van der Waals surface area contributed by atoms with Crippen LogP contribution < -0.4 is 10.1 Å². The largest absolute Gasteiger partial charge is 0.480 e. The first-order valence-corrected chi connectivity index (χ1v) is 9.10. The summed E-state index contributed by atoms with van der Waals surface area (Å²) in [6, 6.07) is 11.3. The van der Waals surface area contributed by atoms with Crippen LogP contribution in [-0.2, 0) is 4.79 Å². The number of ether oxygens (including phenoxy) is 1. The summed E-state index contributed by atoms with van der Waals surface area (Å²) in [5.74, 6) is 0.903. The molecule has 2 aromatic carbocycles. The first-order valence-electron chi connectivity index (χ1n) is 9.10. The van der Waals surface area contributed by atoms with Crippen LogP contribution in [0.1, 0.15) is 49.4 Å². The molecule has 1 aliphatic rings. The van der Waals surface area contributed by atoms with E-state index in [0.717, 1.165) is 17.1 Å². The molecule has 1 amide bonds. The zero-order valence-electron chi connectivity index (χ0n) is 14.7. The molecule has 0 heterocycles. The van der Waals surface area contributed by atoms with Crippen molar-refractivity contribution in [1.29, 1.82) is 0 Å². The Morgan fingerprint density at radius 2 is 1.96 bits per heavy atom. The van der Waals surface area contributed by atoms with Gasteiger partial charge in [-0.3, -0.25) is 9.59 Å². The third kappa shape index (κ3) is 4.19. The molecule has 0 bridgehead atoms. The van der Waals surface area contributed by atoms with E-state index in [9.17, 15) is 9.59 Å². The molecule has 132 valence electrons. The van der Waals surface area contributed by atoms with E-state index >= 15 is 0 Å². The lowest BCUT2D eigenvalue weighted by molar-refractivity contribution is -0.127. The molecular weight excluding hydrogens is 314 g/mol. The second-order valence-corrected chi connectivity index (χ2v) is 6.83. The molecule has 0 spiro atoms. The molecule has 3 rings (SSSR count). The van der Waals surface area contributed by atoms with Crippen LogP contribution in [0.4, 0.5) is 0 Å². The molecule has 1 fully saturated rings. The lowest BCUT2D eigenvalue weighted by atomic mass is 9.89. The van der Waals surface area contributed by atoms with E-state index in [1.165, 1.54) is 32.1 Å². The average molecular weight is 339 g/mol. The summed E-state index contributed by atoms with van der Waals surface area (Å²) in [7, 11) is 0. The minimum Gasteiger partial charge on any atom is -0.480 e. The quantitative estimate of drug-likeness (QED) is 0.806. The van der Waals surface area contributed by atoms with E-state index in [4.69, 9.17) is 4.74 Å². The zero-order valence-corrected chi connectivity index (χ0v) is 14.7. The predicted octanol–water partition coefficient (Wildman–Crippen LogP) is 4.12. The Balaban J connectivity index is 1.65. The van der Waals surface area contributed by atoms with Crippen molar-refractivity contribution in [2.75, 3.05) is 6.54 Å². The van der Waals surface area contributed by atoms with Gasteiger partial charge in [-0.05, 0) is 42.5 Å². The Morgan fingerprint density at radius 1 is 1.20 bits per heavy atom. The summed E-state index contributed by atoms with van der Waals surface area (Å²) in [6.45, 7) is 2.44. The number of hydrogen-bond donors (Lipinski definition) is 1. The van der Waals surface area contributed by atoms with Crippen LogP contribution in [0.3, 0.4) is 0 Å². The van der Waals surface area contributed by atoms with E-state index in [2.05, 4.69) is 5.32 Å². The highest BCUT2D eigenvalue weighted by atomic mass is 16.5. The number of amides is 1. The first kappa shape index (κ1) is 17.5. The van der Waals surface area contributed by atoms with E-state index < -0.39 is 6.10 Å². The fourth-order valence-electron chi connectivity index (χ4n) is 3.52. The van der Waals surface area contributed by atoms with Gasteiger partial charge in [0.15, 0.2) is 12.4 Å². The number of carbonyl (C=O) groups is 2. The number of benzene rings is 2. The summed E-state index contributed by atoms with van der Waals surface area (Å²) >= 11 is 0. The summed E-state index contributed by atoms with van der Waals surface area (Å²) in [5.41, 5.74) is 0.491. The maximum Gasteiger partial charge on any atom is 0.260 e. The Labute approximate surface area is 148 Å². The van der Waals surface area contributed by atoms with Crippen LogP contribution >= 0.6 is 0 Å². The van der Waals surface area contributed by atoms with Gasteiger partial charge in [0, 0.05) is 6.54 Å². The van der Waals surface area contributed by atoms with Crippen molar-refractivity contribution in [2.45, 2.75) is 45.1 Å². The molecule has 4 nitrogen and oxygen atoms in total. The zero-order chi connectivity index (χ0) is 17.6. The van der Waals surface area contributed by atoms with Crippen LogP contribution in [0.2, 0.25) is 0 Å². The summed E-state index contributed by atoms with van der Waals surface area (Å²) in [4.78, 5) is 23.9.